The Labute approximate surface area is 143 Å². The van der Waals surface area contributed by atoms with Gasteiger partial charge < -0.3 is 14.9 Å². The van der Waals surface area contributed by atoms with Gasteiger partial charge in [-0.1, -0.05) is 29.4 Å². The second-order valence-corrected chi connectivity index (χ2v) is 5.37. The largest absolute Gasteiger partial charge is 0.465 e. The number of rotatable bonds is 4. The predicted octanol–water partition coefficient (Wildman–Crippen LogP) is 2.74. The van der Waals surface area contributed by atoms with E-state index >= 15 is 0 Å². The highest BCUT2D eigenvalue weighted by Gasteiger charge is 2.29. The molecule has 2 aromatic rings. The lowest BCUT2D eigenvalue weighted by Gasteiger charge is -2.12. The Kier molecular flexibility index (Phi) is 4.74. The average molecular weight is 342 g/mol. The van der Waals surface area contributed by atoms with Crippen LogP contribution in [-0.2, 0) is 14.4 Å². The summed E-state index contributed by atoms with van der Waals surface area (Å²) in [6.07, 6.45) is -0.653. The molecule has 1 unspecified atom stereocenters. The van der Waals surface area contributed by atoms with E-state index in [0.717, 1.165) is 0 Å². The van der Waals surface area contributed by atoms with Gasteiger partial charge in [-0.15, -0.1) is 0 Å². The lowest BCUT2D eigenvalue weighted by molar-refractivity contribution is -0.125. The van der Waals surface area contributed by atoms with Crippen LogP contribution in [-0.4, -0.2) is 30.8 Å². The fraction of sp³-hybridized carbons (Fsp3) is 0.167. The number of para-hydroxylation sites is 1. The van der Waals surface area contributed by atoms with Crippen LogP contribution < -0.4 is 5.32 Å². The Morgan fingerprint density at radius 2 is 2.04 bits per heavy atom. The van der Waals surface area contributed by atoms with E-state index in [-0.39, 0.29) is 17.8 Å². The molecule has 1 aliphatic rings. The third-order valence-electron chi connectivity index (χ3n) is 3.71. The Bertz CT molecular complexity index is 850. The van der Waals surface area contributed by atoms with E-state index < -0.39 is 18.0 Å². The van der Waals surface area contributed by atoms with Gasteiger partial charge in [0.2, 0.25) is 6.10 Å². The summed E-state index contributed by atoms with van der Waals surface area (Å²) in [7, 11) is 1.26. The van der Waals surface area contributed by atoms with Crippen LogP contribution in [0.15, 0.2) is 53.7 Å². The number of nitrogens with zero attached hydrogens (tertiary/aromatic N) is 1. The molecular weight excluding hydrogens is 327 g/mol. The molecule has 2 aromatic carbocycles. The highest BCUT2D eigenvalue weighted by atomic mass is 19.1. The summed E-state index contributed by atoms with van der Waals surface area (Å²) >= 11 is 0. The third-order valence-corrected chi connectivity index (χ3v) is 3.71. The van der Waals surface area contributed by atoms with Crippen molar-refractivity contribution in [3.05, 3.63) is 65.5 Å². The molecule has 1 aliphatic heterocycles. The van der Waals surface area contributed by atoms with Gasteiger partial charge >= 0.3 is 5.97 Å². The number of halogens is 1. The van der Waals surface area contributed by atoms with Gasteiger partial charge in [-0.3, -0.25) is 4.79 Å². The van der Waals surface area contributed by atoms with Gasteiger partial charge in [0.25, 0.3) is 5.91 Å². The zero-order valence-electron chi connectivity index (χ0n) is 13.4. The quantitative estimate of drug-likeness (QED) is 0.867. The molecular formula is C18H15FN2O4. The molecule has 0 spiro atoms. The van der Waals surface area contributed by atoms with Crippen LogP contribution >= 0.6 is 0 Å². The fourth-order valence-corrected chi connectivity index (χ4v) is 2.45. The van der Waals surface area contributed by atoms with Crippen molar-refractivity contribution < 1.29 is 23.6 Å². The topological polar surface area (TPSA) is 77.0 Å². The minimum absolute atomic E-state index is 0.204. The molecule has 0 bridgehead atoms. The second kappa shape index (κ2) is 7.12. The van der Waals surface area contributed by atoms with Crippen LogP contribution in [0.1, 0.15) is 22.3 Å². The molecule has 1 amide bonds. The van der Waals surface area contributed by atoms with E-state index in [1.54, 1.807) is 36.4 Å². The minimum atomic E-state index is -0.857. The summed E-state index contributed by atoms with van der Waals surface area (Å²) < 4.78 is 18.0. The summed E-state index contributed by atoms with van der Waals surface area (Å²) in [6.45, 7) is 0. The number of anilines is 1. The second-order valence-electron chi connectivity index (χ2n) is 5.37. The van der Waals surface area contributed by atoms with Crippen LogP contribution in [0.2, 0.25) is 0 Å². The molecule has 0 saturated carbocycles. The van der Waals surface area contributed by atoms with Crippen molar-refractivity contribution in [2.24, 2.45) is 5.16 Å². The van der Waals surface area contributed by atoms with Crippen LogP contribution in [0, 0.1) is 5.82 Å². The first-order chi connectivity index (χ1) is 12.1. The summed E-state index contributed by atoms with van der Waals surface area (Å²) in [5.41, 5.74) is 1.61. The summed E-state index contributed by atoms with van der Waals surface area (Å²) in [6, 6.07) is 12.4. The van der Waals surface area contributed by atoms with E-state index in [1.165, 1.54) is 19.2 Å². The number of carbonyl (C=O) groups is 2. The maximum Gasteiger partial charge on any atom is 0.339 e. The van der Waals surface area contributed by atoms with Gasteiger partial charge in [-0.25, -0.2) is 9.18 Å². The number of nitrogens with one attached hydrogen (secondary N) is 1. The van der Waals surface area contributed by atoms with E-state index in [0.29, 0.717) is 17.0 Å². The van der Waals surface area contributed by atoms with Gasteiger partial charge in [0.05, 0.1) is 24.1 Å². The average Bonchev–Trinajstić information content (AvgIpc) is 3.12. The maximum absolute atomic E-state index is 13.3. The third kappa shape index (κ3) is 3.65. The van der Waals surface area contributed by atoms with E-state index in [4.69, 9.17) is 9.57 Å². The Morgan fingerprint density at radius 1 is 1.24 bits per heavy atom. The zero-order valence-corrected chi connectivity index (χ0v) is 13.4. The van der Waals surface area contributed by atoms with Gasteiger partial charge in [-0.2, -0.15) is 0 Å². The van der Waals surface area contributed by atoms with Gasteiger partial charge in [0.15, 0.2) is 0 Å². The first kappa shape index (κ1) is 16.6. The van der Waals surface area contributed by atoms with Gasteiger partial charge in [0, 0.05) is 12.0 Å². The number of oxime groups is 1. The standard InChI is InChI=1S/C18H15FN2O4/c1-24-18(23)13-7-2-3-8-14(13)20-17(22)16-10-15(21-25-16)11-5-4-6-12(19)9-11/h2-9,16H,10H2,1H3,(H,20,22). The molecule has 1 N–H and O–H groups in total. The molecule has 128 valence electrons. The Hall–Kier alpha value is -3.22. The van der Waals surface area contributed by atoms with Crippen molar-refractivity contribution in [1.29, 1.82) is 0 Å². The number of benzene rings is 2. The summed E-state index contributed by atoms with van der Waals surface area (Å²) in [5, 5.41) is 6.50. The van der Waals surface area contributed by atoms with Gasteiger partial charge in [0.1, 0.15) is 5.82 Å². The molecule has 1 atom stereocenters. The van der Waals surface area contributed by atoms with Crippen molar-refractivity contribution >= 4 is 23.3 Å². The Morgan fingerprint density at radius 3 is 2.80 bits per heavy atom. The van der Waals surface area contributed by atoms with E-state index in [9.17, 15) is 14.0 Å². The molecule has 0 aromatic heterocycles. The van der Waals surface area contributed by atoms with Crippen molar-refractivity contribution in [1.82, 2.24) is 0 Å². The minimum Gasteiger partial charge on any atom is -0.465 e. The number of amides is 1. The first-order valence-electron chi connectivity index (χ1n) is 7.55. The number of hydrogen-bond donors (Lipinski definition) is 1. The summed E-state index contributed by atoms with van der Waals surface area (Å²) in [4.78, 5) is 29.3. The van der Waals surface area contributed by atoms with Crippen LogP contribution in [0.3, 0.4) is 0 Å². The van der Waals surface area contributed by atoms with Crippen LogP contribution in [0.25, 0.3) is 0 Å². The number of carbonyl (C=O) groups excluding carboxylic acids is 2. The predicted molar refractivity (Wildman–Crippen MR) is 88.8 cm³/mol. The molecule has 7 heteroatoms. The lowest BCUT2D eigenvalue weighted by atomic mass is 10.0. The smallest absolute Gasteiger partial charge is 0.339 e. The molecule has 1 heterocycles. The highest BCUT2D eigenvalue weighted by Crippen LogP contribution is 2.21. The molecule has 3 rings (SSSR count). The van der Waals surface area contributed by atoms with Crippen molar-refractivity contribution in [2.75, 3.05) is 12.4 Å². The van der Waals surface area contributed by atoms with E-state index in [2.05, 4.69) is 10.5 Å². The lowest BCUT2D eigenvalue weighted by Crippen LogP contribution is -2.28. The van der Waals surface area contributed by atoms with Crippen LogP contribution in [0.4, 0.5) is 10.1 Å². The fourth-order valence-electron chi connectivity index (χ4n) is 2.45. The number of methoxy groups -OCH3 is 1. The molecule has 0 radical (unpaired) electrons. The van der Waals surface area contributed by atoms with Gasteiger partial charge in [-0.05, 0) is 24.3 Å². The van der Waals surface area contributed by atoms with Crippen molar-refractivity contribution in [3.63, 3.8) is 0 Å². The first-order valence-corrected chi connectivity index (χ1v) is 7.55. The normalized spacial score (nSPS) is 15.9. The molecule has 6 nitrogen and oxygen atoms in total. The Balaban J connectivity index is 1.69. The maximum atomic E-state index is 13.3. The SMILES string of the molecule is COC(=O)c1ccccc1NC(=O)C1CC(c2cccc(F)c2)=NO1. The van der Waals surface area contributed by atoms with Crippen molar-refractivity contribution in [2.45, 2.75) is 12.5 Å². The molecule has 0 fully saturated rings. The summed E-state index contributed by atoms with van der Waals surface area (Å²) in [5.74, 6) is -1.40. The zero-order chi connectivity index (χ0) is 17.8. The molecule has 0 aliphatic carbocycles. The highest BCUT2D eigenvalue weighted by molar-refractivity contribution is 6.07. The van der Waals surface area contributed by atoms with Crippen molar-refractivity contribution in [3.8, 4) is 0 Å². The number of ether oxygens (including phenoxy) is 1. The van der Waals surface area contributed by atoms with E-state index in [1.807, 2.05) is 0 Å². The van der Waals surface area contributed by atoms with Crippen LogP contribution in [0.5, 0.6) is 0 Å². The monoisotopic (exact) mass is 342 g/mol. The molecule has 25 heavy (non-hydrogen) atoms. The number of hydrogen-bond acceptors (Lipinski definition) is 5. The molecule has 0 saturated heterocycles. The number of esters is 1.